The molecule has 0 saturated carbocycles. The first-order chi connectivity index (χ1) is 12.2. The van der Waals surface area contributed by atoms with Gasteiger partial charge in [0.25, 0.3) is 0 Å². The molecule has 0 atom stereocenters. The first kappa shape index (κ1) is 15.4. The summed E-state index contributed by atoms with van der Waals surface area (Å²) >= 11 is 0. The van der Waals surface area contributed by atoms with Gasteiger partial charge in [0.1, 0.15) is 11.3 Å². The van der Waals surface area contributed by atoms with E-state index in [1.54, 1.807) is 13.2 Å². The van der Waals surface area contributed by atoms with Crippen molar-refractivity contribution in [1.29, 1.82) is 0 Å². The molecule has 25 heavy (non-hydrogen) atoms. The molecule has 4 aromatic rings. The molecule has 0 unspecified atom stereocenters. The van der Waals surface area contributed by atoms with Crippen LogP contribution in [-0.2, 0) is 6.42 Å². The number of aryl methyl sites for hydroxylation is 1. The number of nitrogens with zero attached hydrogens (tertiary/aromatic N) is 1. The highest BCUT2D eigenvalue weighted by molar-refractivity contribution is 6.02. The summed E-state index contributed by atoms with van der Waals surface area (Å²) in [5.74, 6) is 0.823. The summed E-state index contributed by atoms with van der Waals surface area (Å²) in [6.07, 6.45) is 2.55. The zero-order chi connectivity index (χ0) is 17.4. The van der Waals surface area contributed by atoms with Crippen molar-refractivity contribution in [3.8, 4) is 5.75 Å². The summed E-state index contributed by atoms with van der Waals surface area (Å²) in [4.78, 5) is 17.1. The summed E-state index contributed by atoms with van der Waals surface area (Å²) in [6.45, 7) is 1.95. The third-order valence-corrected chi connectivity index (χ3v) is 4.55. The molecule has 4 rings (SSSR count). The molecule has 0 aliphatic rings. The Balaban J connectivity index is 1.86. The largest absolute Gasteiger partial charge is 0.497 e. The van der Waals surface area contributed by atoms with Crippen molar-refractivity contribution in [2.75, 3.05) is 7.11 Å². The van der Waals surface area contributed by atoms with Crippen LogP contribution in [-0.4, -0.2) is 12.1 Å². The van der Waals surface area contributed by atoms with E-state index in [1.807, 2.05) is 55.6 Å². The van der Waals surface area contributed by atoms with E-state index < -0.39 is 0 Å². The van der Waals surface area contributed by atoms with Gasteiger partial charge < -0.3 is 9.15 Å². The number of aromatic nitrogens is 1. The van der Waals surface area contributed by atoms with Crippen molar-refractivity contribution >= 4 is 21.9 Å². The van der Waals surface area contributed by atoms with Crippen LogP contribution in [0.5, 0.6) is 5.75 Å². The van der Waals surface area contributed by atoms with Gasteiger partial charge in [0.05, 0.1) is 18.0 Å². The Morgan fingerprint density at radius 1 is 1.08 bits per heavy atom. The van der Waals surface area contributed by atoms with Crippen molar-refractivity contribution in [2.45, 2.75) is 13.3 Å². The monoisotopic (exact) mass is 331 g/mol. The average Bonchev–Trinajstić information content (AvgIpc) is 2.64. The fraction of sp³-hybridized carbons (Fsp3) is 0.143. The molecule has 4 nitrogen and oxygen atoms in total. The Morgan fingerprint density at radius 3 is 2.60 bits per heavy atom. The number of pyridine rings is 1. The van der Waals surface area contributed by atoms with E-state index in [0.29, 0.717) is 22.9 Å². The normalized spacial score (nSPS) is 11.1. The fourth-order valence-corrected chi connectivity index (χ4v) is 3.14. The third-order valence-electron chi connectivity index (χ3n) is 4.55. The summed E-state index contributed by atoms with van der Waals surface area (Å²) < 4.78 is 10.7. The molecule has 0 aliphatic heterocycles. The van der Waals surface area contributed by atoms with E-state index in [1.165, 1.54) is 0 Å². The second kappa shape index (κ2) is 6.06. The number of ether oxygens (including phenoxy) is 1. The minimum absolute atomic E-state index is 0.338. The molecule has 2 aromatic carbocycles. The maximum absolute atomic E-state index is 12.5. The van der Waals surface area contributed by atoms with Crippen molar-refractivity contribution < 1.29 is 9.15 Å². The lowest BCUT2D eigenvalue weighted by Gasteiger charge is -2.10. The fourth-order valence-electron chi connectivity index (χ4n) is 3.14. The van der Waals surface area contributed by atoms with Crippen LogP contribution in [0.4, 0.5) is 0 Å². The molecule has 0 saturated heterocycles. The lowest BCUT2D eigenvalue weighted by atomic mass is 9.99. The summed E-state index contributed by atoms with van der Waals surface area (Å²) in [6, 6.07) is 15.4. The molecule has 0 radical (unpaired) electrons. The van der Waals surface area contributed by atoms with E-state index in [9.17, 15) is 4.79 Å². The highest BCUT2D eigenvalue weighted by Crippen LogP contribution is 2.26. The lowest BCUT2D eigenvalue weighted by molar-refractivity contribution is 0.414. The van der Waals surface area contributed by atoms with E-state index in [0.717, 1.165) is 27.8 Å². The first-order valence-corrected chi connectivity index (χ1v) is 8.10. The second-order valence-electron chi connectivity index (χ2n) is 6.04. The molecular formula is C21H17NO3. The van der Waals surface area contributed by atoms with E-state index in [2.05, 4.69) is 4.98 Å². The second-order valence-corrected chi connectivity index (χ2v) is 6.04. The SMILES string of the molecule is COc1ccc(Cc2cnc3c(c2C)c(=O)oc2ccccc23)cc1. The van der Waals surface area contributed by atoms with Crippen molar-refractivity contribution in [3.05, 3.63) is 81.8 Å². The van der Waals surface area contributed by atoms with E-state index in [4.69, 9.17) is 9.15 Å². The molecule has 0 spiro atoms. The number of methoxy groups -OCH3 is 1. The standard InChI is InChI=1S/C21H17NO3/c1-13-15(11-14-7-9-16(24-2)10-8-14)12-22-20-17-5-3-4-6-18(17)25-21(23)19(13)20/h3-10,12H,11H2,1-2H3. The quantitative estimate of drug-likeness (QED) is 0.416. The highest BCUT2D eigenvalue weighted by Gasteiger charge is 2.13. The van der Waals surface area contributed by atoms with Gasteiger partial charge in [0.15, 0.2) is 0 Å². The Kier molecular flexibility index (Phi) is 3.73. The van der Waals surface area contributed by atoms with Gasteiger partial charge in [-0.05, 0) is 54.3 Å². The van der Waals surface area contributed by atoms with Crippen LogP contribution in [0.1, 0.15) is 16.7 Å². The number of fused-ring (bicyclic) bond motifs is 3. The van der Waals surface area contributed by atoms with Crippen LogP contribution in [0, 0.1) is 6.92 Å². The van der Waals surface area contributed by atoms with Crippen LogP contribution in [0.25, 0.3) is 21.9 Å². The van der Waals surface area contributed by atoms with Gasteiger partial charge in [-0.15, -0.1) is 0 Å². The number of hydrogen-bond donors (Lipinski definition) is 0. The smallest absolute Gasteiger partial charge is 0.346 e. The van der Waals surface area contributed by atoms with Crippen LogP contribution < -0.4 is 10.4 Å². The molecule has 0 N–H and O–H groups in total. The minimum Gasteiger partial charge on any atom is -0.497 e. The van der Waals surface area contributed by atoms with Gasteiger partial charge in [-0.25, -0.2) is 4.79 Å². The summed E-state index contributed by atoms with van der Waals surface area (Å²) in [5.41, 5.74) is 3.99. The topological polar surface area (TPSA) is 52.3 Å². The zero-order valence-corrected chi connectivity index (χ0v) is 14.1. The third kappa shape index (κ3) is 2.66. The van der Waals surface area contributed by atoms with E-state index >= 15 is 0 Å². The van der Waals surface area contributed by atoms with Gasteiger partial charge in [-0.2, -0.15) is 0 Å². The Labute approximate surface area is 144 Å². The van der Waals surface area contributed by atoms with Crippen LogP contribution in [0.3, 0.4) is 0 Å². The maximum atomic E-state index is 12.5. The van der Waals surface area contributed by atoms with Gasteiger partial charge in [0, 0.05) is 11.6 Å². The summed E-state index contributed by atoms with van der Waals surface area (Å²) in [7, 11) is 1.65. The Hall–Kier alpha value is -3.14. The van der Waals surface area contributed by atoms with Crippen molar-refractivity contribution in [2.24, 2.45) is 0 Å². The average molecular weight is 331 g/mol. The van der Waals surface area contributed by atoms with Gasteiger partial charge in [-0.3, -0.25) is 4.98 Å². The number of para-hydroxylation sites is 1. The van der Waals surface area contributed by atoms with E-state index in [-0.39, 0.29) is 5.63 Å². The first-order valence-electron chi connectivity index (χ1n) is 8.10. The Morgan fingerprint density at radius 2 is 1.84 bits per heavy atom. The van der Waals surface area contributed by atoms with Crippen molar-refractivity contribution in [3.63, 3.8) is 0 Å². The number of rotatable bonds is 3. The molecule has 2 heterocycles. The predicted octanol–water partition coefficient (Wildman–Crippen LogP) is 4.25. The highest BCUT2D eigenvalue weighted by atomic mass is 16.5. The van der Waals surface area contributed by atoms with Gasteiger partial charge in [0.2, 0.25) is 0 Å². The zero-order valence-electron chi connectivity index (χ0n) is 14.1. The van der Waals surface area contributed by atoms with Crippen LogP contribution in [0.2, 0.25) is 0 Å². The van der Waals surface area contributed by atoms with Crippen LogP contribution >= 0.6 is 0 Å². The van der Waals surface area contributed by atoms with Crippen LogP contribution in [0.15, 0.2) is 63.9 Å². The molecule has 2 aromatic heterocycles. The lowest BCUT2D eigenvalue weighted by Crippen LogP contribution is -2.06. The number of hydrogen-bond acceptors (Lipinski definition) is 4. The molecule has 124 valence electrons. The molecule has 0 amide bonds. The molecule has 0 fully saturated rings. The number of benzene rings is 2. The summed E-state index contributed by atoms with van der Waals surface area (Å²) in [5, 5.41) is 1.42. The molecule has 4 heteroatoms. The maximum Gasteiger partial charge on any atom is 0.346 e. The molecule has 0 aliphatic carbocycles. The Bertz CT molecular complexity index is 1130. The molecular weight excluding hydrogens is 314 g/mol. The van der Waals surface area contributed by atoms with Crippen molar-refractivity contribution in [1.82, 2.24) is 4.98 Å². The van der Waals surface area contributed by atoms with Gasteiger partial charge >= 0.3 is 5.63 Å². The molecule has 0 bridgehead atoms. The van der Waals surface area contributed by atoms with Gasteiger partial charge in [-0.1, -0.05) is 24.3 Å². The minimum atomic E-state index is -0.338. The predicted molar refractivity (Wildman–Crippen MR) is 98.3 cm³/mol.